The Morgan fingerprint density at radius 3 is 2.64 bits per heavy atom. The second-order valence-electron chi connectivity index (χ2n) is 6.91. The maximum absolute atomic E-state index is 12.5. The van der Waals surface area contributed by atoms with Crippen LogP contribution in [-0.2, 0) is 21.4 Å². The average molecular weight is 402 g/mol. The number of sulfonamides is 1. The first-order chi connectivity index (χ1) is 13.4. The molecule has 0 saturated carbocycles. The number of carbonyl (C=O) groups excluding carboxylic acids is 1. The zero-order valence-corrected chi connectivity index (χ0v) is 16.6. The summed E-state index contributed by atoms with van der Waals surface area (Å²) in [5.41, 5.74) is 1.61. The zero-order chi connectivity index (χ0) is 20.0. The first kappa shape index (κ1) is 20.0. The van der Waals surface area contributed by atoms with Crippen molar-refractivity contribution < 1.29 is 18.1 Å². The van der Waals surface area contributed by atoms with Crippen molar-refractivity contribution in [2.75, 3.05) is 25.5 Å². The third-order valence-corrected chi connectivity index (χ3v) is 5.74. The van der Waals surface area contributed by atoms with E-state index in [0.29, 0.717) is 24.5 Å². The van der Waals surface area contributed by atoms with Crippen LogP contribution in [0.3, 0.4) is 0 Å². The highest BCUT2D eigenvalue weighted by Crippen LogP contribution is 2.16. The molecule has 1 amide bonds. The van der Waals surface area contributed by atoms with Gasteiger partial charge in [0.2, 0.25) is 0 Å². The highest BCUT2D eigenvalue weighted by atomic mass is 32.2. The Labute approximate surface area is 165 Å². The summed E-state index contributed by atoms with van der Waals surface area (Å²) >= 11 is 0. The molecule has 0 aromatic heterocycles. The maximum Gasteiger partial charge on any atom is 0.279 e. The smallest absolute Gasteiger partial charge is 0.279 e. The molecule has 7 nitrogen and oxygen atoms in total. The van der Waals surface area contributed by atoms with Gasteiger partial charge in [0.15, 0.2) is 6.54 Å². The molecule has 148 valence electrons. The molecule has 0 spiro atoms. The highest BCUT2D eigenvalue weighted by Gasteiger charge is 2.19. The molecule has 0 saturated heterocycles. The van der Waals surface area contributed by atoms with Gasteiger partial charge in [-0.1, -0.05) is 36.4 Å². The van der Waals surface area contributed by atoms with Gasteiger partial charge in [0.1, 0.15) is 12.4 Å². The average Bonchev–Trinajstić information content (AvgIpc) is 3.15. The van der Waals surface area contributed by atoms with Gasteiger partial charge < -0.3 is 10.2 Å². The topological polar surface area (TPSA) is 92.1 Å². The number of anilines is 1. The molecule has 2 aromatic carbocycles. The summed E-state index contributed by atoms with van der Waals surface area (Å²) in [6.45, 7) is 1.66. The molecule has 28 heavy (non-hydrogen) atoms. The lowest BCUT2D eigenvalue weighted by Gasteiger charge is -2.14. The van der Waals surface area contributed by atoms with Gasteiger partial charge in [0, 0.05) is 24.2 Å². The van der Waals surface area contributed by atoms with Crippen LogP contribution in [0.2, 0.25) is 0 Å². The molecular weight excluding hydrogens is 376 g/mol. The number of rotatable bonds is 7. The number of nitrogens with zero attached hydrogens (tertiary/aromatic N) is 1. The van der Waals surface area contributed by atoms with Crippen molar-refractivity contribution in [2.45, 2.75) is 24.3 Å². The molecule has 3 rings (SSSR count). The Morgan fingerprint density at radius 1 is 1.14 bits per heavy atom. The summed E-state index contributed by atoms with van der Waals surface area (Å²) in [6.07, 6.45) is 1.49. The molecule has 1 aliphatic rings. The lowest BCUT2D eigenvalue weighted by atomic mass is 10.2. The monoisotopic (exact) mass is 401 g/mol. The van der Waals surface area contributed by atoms with E-state index in [1.54, 1.807) is 12.1 Å². The summed E-state index contributed by atoms with van der Waals surface area (Å²) in [4.78, 5) is 17.6. The van der Waals surface area contributed by atoms with Crippen LogP contribution < -0.4 is 14.9 Å². The molecule has 0 fully saturated rings. The van der Waals surface area contributed by atoms with Crippen molar-refractivity contribution >= 4 is 27.5 Å². The van der Waals surface area contributed by atoms with Gasteiger partial charge in [-0.15, -0.1) is 0 Å². The second kappa shape index (κ2) is 8.99. The summed E-state index contributed by atoms with van der Waals surface area (Å²) < 4.78 is 27.5. The second-order valence-corrected chi connectivity index (χ2v) is 8.59. The van der Waals surface area contributed by atoms with Crippen molar-refractivity contribution in [3.63, 3.8) is 0 Å². The number of amides is 1. The van der Waals surface area contributed by atoms with E-state index >= 15 is 0 Å². The molecule has 1 heterocycles. The number of hydrogen-bond acceptors (Lipinski definition) is 4. The minimum Gasteiger partial charge on any atom is -0.326 e. The van der Waals surface area contributed by atoms with E-state index in [1.807, 2.05) is 37.4 Å². The Bertz CT molecular complexity index is 958. The van der Waals surface area contributed by atoms with Gasteiger partial charge >= 0.3 is 0 Å². The van der Waals surface area contributed by atoms with Crippen LogP contribution in [0, 0.1) is 0 Å². The molecule has 1 unspecified atom stereocenters. The lowest BCUT2D eigenvalue weighted by molar-refractivity contribution is -0.885. The molecule has 0 aliphatic carbocycles. The summed E-state index contributed by atoms with van der Waals surface area (Å²) in [7, 11) is -1.76. The van der Waals surface area contributed by atoms with Crippen LogP contribution in [0.15, 0.2) is 64.5 Å². The normalized spacial score (nSPS) is 15.0. The number of quaternary nitrogens is 1. The van der Waals surface area contributed by atoms with Gasteiger partial charge in [0.05, 0.1) is 11.9 Å². The van der Waals surface area contributed by atoms with Gasteiger partial charge in [0.25, 0.3) is 15.9 Å². The molecule has 3 N–H and O–H groups in total. The number of aliphatic imine (C=N–C) groups is 1. The van der Waals surface area contributed by atoms with Crippen LogP contribution in [0.25, 0.3) is 0 Å². The highest BCUT2D eigenvalue weighted by molar-refractivity contribution is 7.90. The molecule has 0 bridgehead atoms. The Morgan fingerprint density at radius 2 is 1.93 bits per heavy atom. The number of nitrogens with one attached hydrogen (secondary N) is 3. The fourth-order valence-corrected chi connectivity index (χ4v) is 4.20. The maximum atomic E-state index is 12.5. The minimum atomic E-state index is -3.70. The van der Waals surface area contributed by atoms with Crippen LogP contribution in [-0.4, -0.2) is 40.3 Å². The van der Waals surface area contributed by atoms with Crippen LogP contribution >= 0.6 is 0 Å². The third-order valence-electron chi connectivity index (χ3n) is 4.37. The zero-order valence-electron chi connectivity index (χ0n) is 15.8. The van der Waals surface area contributed by atoms with Gasteiger partial charge in [-0.25, -0.2) is 8.42 Å². The fraction of sp³-hybridized carbons (Fsp3) is 0.300. The van der Waals surface area contributed by atoms with Gasteiger partial charge in [-0.2, -0.15) is 0 Å². The lowest BCUT2D eigenvalue weighted by Crippen LogP contribution is -3.08. The largest absolute Gasteiger partial charge is 0.326 e. The molecule has 1 aliphatic heterocycles. The van der Waals surface area contributed by atoms with Gasteiger partial charge in [-0.05, 0) is 24.6 Å². The standard InChI is InChI=1S/C20H24N4O3S/c1-24(14-16-7-3-2-4-8-16)15-20(25)22-17-9-5-10-18(13-17)28(26,27)23-19-11-6-12-21-19/h2-5,7-10,13H,6,11-12,14-15H2,1H3,(H,21,23)(H,22,25)/p+1. The summed E-state index contributed by atoms with van der Waals surface area (Å²) in [6, 6.07) is 16.2. The summed E-state index contributed by atoms with van der Waals surface area (Å²) in [5.74, 6) is 0.316. The van der Waals surface area contributed by atoms with E-state index in [1.165, 1.54) is 12.1 Å². The molecule has 1 atom stereocenters. The quantitative estimate of drug-likeness (QED) is 0.641. The molecule has 0 radical (unpaired) electrons. The number of benzene rings is 2. The van der Waals surface area contributed by atoms with Crippen molar-refractivity contribution in [1.82, 2.24) is 4.72 Å². The molecular formula is C20H25N4O3S+. The van der Waals surface area contributed by atoms with Gasteiger partial charge in [-0.3, -0.25) is 14.5 Å². The van der Waals surface area contributed by atoms with Crippen molar-refractivity contribution in [3.05, 3.63) is 60.2 Å². The number of amidine groups is 1. The first-order valence-corrected chi connectivity index (χ1v) is 10.7. The molecule has 2 aromatic rings. The fourth-order valence-electron chi connectivity index (χ4n) is 3.06. The van der Waals surface area contributed by atoms with E-state index < -0.39 is 10.0 Å². The van der Waals surface area contributed by atoms with E-state index in [-0.39, 0.29) is 17.3 Å². The SMILES string of the molecule is C[NH+](CC(=O)Nc1cccc(S(=O)(=O)NC2=NCCC2)c1)Cc1ccccc1. The van der Waals surface area contributed by atoms with Crippen LogP contribution in [0.1, 0.15) is 18.4 Å². The van der Waals surface area contributed by atoms with Crippen LogP contribution in [0.4, 0.5) is 5.69 Å². The summed E-state index contributed by atoms with van der Waals surface area (Å²) in [5, 5.41) is 2.78. The van der Waals surface area contributed by atoms with Crippen molar-refractivity contribution in [1.29, 1.82) is 0 Å². The Hall–Kier alpha value is -2.71. The number of hydrogen-bond donors (Lipinski definition) is 3. The van der Waals surface area contributed by atoms with E-state index in [4.69, 9.17) is 0 Å². The van der Waals surface area contributed by atoms with Crippen molar-refractivity contribution in [2.24, 2.45) is 4.99 Å². The Balaban J connectivity index is 1.59. The van der Waals surface area contributed by atoms with E-state index in [0.717, 1.165) is 23.4 Å². The number of carbonyl (C=O) groups is 1. The minimum absolute atomic E-state index is 0.102. The van der Waals surface area contributed by atoms with E-state index in [9.17, 15) is 13.2 Å². The predicted molar refractivity (Wildman–Crippen MR) is 109 cm³/mol. The number of likely N-dealkylation sites (N-methyl/N-ethyl adjacent to an activating group) is 1. The van der Waals surface area contributed by atoms with Crippen LogP contribution in [0.5, 0.6) is 0 Å². The van der Waals surface area contributed by atoms with Crippen molar-refractivity contribution in [3.8, 4) is 0 Å². The third kappa shape index (κ3) is 5.64. The van der Waals surface area contributed by atoms with E-state index in [2.05, 4.69) is 15.0 Å². The Kier molecular flexibility index (Phi) is 6.43. The first-order valence-electron chi connectivity index (χ1n) is 9.24. The molecule has 8 heteroatoms. The predicted octanol–water partition coefficient (Wildman–Crippen LogP) is 0.811.